The van der Waals surface area contributed by atoms with Crippen LogP contribution >= 0.6 is 0 Å². The number of nitrogens with zero attached hydrogens (tertiary/aromatic N) is 1. The van der Waals surface area contributed by atoms with E-state index in [4.69, 9.17) is 0 Å². The van der Waals surface area contributed by atoms with Crippen LogP contribution in [-0.4, -0.2) is 37.0 Å². The predicted molar refractivity (Wildman–Crippen MR) is 73.5 cm³/mol. The molecular formula is C15H21FN2O. The number of nitrogens with one attached hydrogen (secondary N) is 1. The summed E-state index contributed by atoms with van der Waals surface area (Å²) in [6, 6.07) is 5.11. The smallest absolute Gasteiger partial charge is 0.239 e. The minimum Gasteiger partial charge on any atom is -0.344 e. The summed E-state index contributed by atoms with van der Waals surface area (Å²) in [5.74, 6) is -0.0142. The highest BCUT2D eigenvalue weighted by Gasteiger charge is 2.24. The van der Waals surface area contributed by atoms with Gasteiger partial charge in [0.2, 0.25) is 5.91 Å². The molecule has 1 aliphatic rings. The molecule has 3 nitrogen and oxygen atoms in total. The van der Waals surface area contributed by atoms with Crippen molar-refractivity contribution in [1.82, 2.24) is 10.2 Å². The Morgan fingerprint density at radius 3 is 2.95 bits per heavy atom. The Labute approximate surface area is 113 Å². The normalized spacial score (nSPS) is 18.6. The quantitative estimate of drug-likeness (QED) is 0.900. The van der Waals surface area contributed by atoms with E-state index in [1.165, 1.54) is 6.07 Å². The minimum absolute atomic E-state index is 0.0139. The second kappa shape index (κ2) is 6.15. The number of halogens is 1. The lowest BCUT2D eigenvalue weighted by Gasteiger charge is -2.21. The van der Waals surface area contributed by atoms with E-state index in [9.17, 15) is 9.18 Å². The molecule has 1 amide bonds. The molecule has 0 aromatic heterocycles. The Morgan fingerprint density at radius 2 is 2.32 bits per heavy atom. The van der Waals surface area contributed by atoms with Crippen molar-refractivity contribution >= 4 is 5.91 Å². The number of benzene rings is 1. The molecule has 1 N–H and O–H groups in total. The highest BCUT2D eigenvalue weighted by atomic mass is 19.1. The van der Waals surface area contributed by atoms with E-state index in [1.54, 1.807) is 17.9 Å². The van der Waals surface area contributed by atoms with Crippen molar-refractivity contribution in [1.29, 1.82) is 0 Å². The lowest BCUT2D eigenvalue weighted by atomic mass is 10.1. The van der Waals surface area contributed by atoms with Crippen LogP contribution in [0.1, 0.15) is 24.0 Å². The van der Waals surface area contributed by atoms with E-state index < -0.39 is 0 Å². The van der Waals surface area contributed by atoms with Crippen LogP contribution in [0.4, 0.5) is 4.39 Å². The summed E-state index contributed by atoms with van der Waals surface area (Å²) < 4.78 is 13.2. The van der Waals surface area contributed by atoms with Crippen LogP contribution in [0.2, 0.25) is 0 Å². The van der Waals surface area contributed by atoms with Gasteiger partial charge in [0.15, 0.2) is 0 Å². The summed E-state index contributed by atoms with van der Waals surface area (Å²) in [4.78, 5) is 13.9. The van der Waals surface area contributed by atoms with Gasteiger partial charge in [-0.05, 0) is 49.9 Å². The van der Waals surface area contributed by atoms with E-state index in [-0.39, 0.29) is 17.8 Å². The first kappa shape index (κ1) is 14.0. The molecule has 0 radical (unpaired) electrons. The first-order chi connectivity index (χ1) is 9.08. The first-order valence-corrected chi connectivity index (χ1v) is 6.81. The Bertz CT molecular complexity index is 455. The van der Waals surface area contributed by atoms with Crippen molar-refractivity contribution in [2.24, 2.45) is 0 Å². The number of hydrogen-bond donors (Lipinski definition) is 1. The molecule has 1 aromatic rings. The van der Waals surface area contributed by atoms with Gasteiger partial charge >= 0.3 is 0 Å². The standard InChI is InChI=1S/C15H21FN2O/c1-11-10-12(5-6-13(11)16)7-9-18(2)15(19)14-4-3-8-17-14/h5-6,10,14,17H,3-4,7-9H2,1-2H3. The highest BCUT2D eigenvalue weighted by molar-refractivity contribution is 5.81. The average Bonchev–Trinajstić information content (AvgIpc) is 2.93. The minimum atomic E-state index is -0.177. The topological polar surface area (TPSA) is 32.3 Å². The zero-order valence-corrected chi connectivity index (χ0v) is 11.6. The second-order valence-electron chi connectivity index (χ2n) is 5.24. The van der Waals surface area contributed by atoms with Gasteiger partial charge in [-0.3, -0.25) is 4.79 Å². The Kier molecular flexibility index (Phi) is 4.53. The fraction of sp³-hybridized carbons (Fsp3) is 0.533. The number of carbonyl (C=O) groups is 1. The number of rotatable bonds is 4. The number of carbonyl (C=O) groups excluding carboxylic acids is 1. The SMILES string of the molecule is Cc1cc(CCN(C)C(=O)C2CCCN2)ccc1F. The van der Waals surface area contributed by atoms with Gasteiger partial charge in [-0.15, -0.1) is 0 Å². The van der Waals surface area contributed by atoms with Gasteiger partial charge in [0.05, 0.1) is 6.04 Å². The van der Waals surface area contributed by atoms with Crippen molar-refractivity contribution in [3.8, 4) is 0 Å². The van der Waals surface area contributed by atoms with Crippen LogP contribution in [0.3, 0.4) is 0 Å². The molecule has 1 atom stereocenters. The molecule has 104 valence electrons. The van der Waals surface area contributed by atoms with Crippen LogP contribution in [0.25, 0.3) is 0 Å². The summed E-state index contributed by atoms with van der Waals surface area (Å²) in [6.45, 7) is 3.36. The van der Waals surface area contributed by atoms with Gasteiger partial charge in [0, 0.05) is 13.6 Å². The summed E-state index contributed by atoms with van der Waals surface area (Å²) in [7, 11) is 1.83. The van der Waals surface area contributed by atoms with Gasteiger partial charge in [-0.2, -0.15) is 0 Å². The first-order valence-electron chi connectivity index (χ1n) is 6.81. The lowest BCUT2D eigenvalue weighted by molar-refractivity contribution is -0.131. The van der Waals surface area contributed by atoms with Crippen molar-refractivity contribution < 1.29 is 9.18 Å². The summed E-state index contributed by atoms with van der Waals surface area (Å²) in [5.41, 5.74) is 1.72. The number of hydrogen-bond acceptors (Lipinski definition) is 2. The molecule has 1 aromatic carbocycles. The largest absolute Gasteiger partial charge is 0.344 e. The molecule has 1 fully saturated rings. The Morgan fingerprint density at radius 1 is 1.53 bits per heavy atom. The van der Waals surface area contributed by atoms with Gasteiger partial charge in [0.1, 0.15) is 5.82 Å². The Hall–Kier alpha value is -1.42. The number of amides is 1. The Balaban J connectivity index is 1.87. The van der Waals surface area contributed by atoms with Crippen LogP contribution in [0.5, 0.6) is 0 Å². The predicted octanol–water partition coefficient (Wildman–Crippen LogP) is 1.89. The molecule has 0 spiro atoms. The van der Waals surface area contributed by atoms with Crippen LogP contribution < -0.4 is 5.32 Å². The summed E-state index contributed by atoms with van der Waals surface area (Å²) in [5, 5.41) is 3.21. The molecule has 1 heterocycles. The third kappa shape index (κ3) is 3.53. The maximum absolute atomic E-state index is 13.2. The third-order valence-electron chi connectivity index (χ3n) is 3.69. The molecule has 0 aliphatic carbocycles. The molecule has 19 heavy (non-hydrogen) atoms. The molecule has 4 heteroatoms. The van der Waals surface area contributed by atoms with Crippen LogP contribution in [0.15, 0.2) is 18.2 Å². The second-order valence-corrected chi connectivity index (χ2v) is 5.24. The molecule has 1 unspecified atom stereocenters. The van der Waals surface area contributed by atoms with Gasteiger partial charge in [-0.25, -0.2) is 4.39 Å². The highest BCUT2D eigenvalue weighted by Crippen LogP contribution is 2.11. The van der Waals surface area contributed by atoms with Crippen LogP contribution in [0, 0.1) is 12.7 Å². The maximum atomic E-state index is 13.2. The monoisotopic (exact) mass is 264 g/mol. The van der Waals surface area contributed by atoms with Crippen molar-refractivity contribution in [3.63, 3.8) is 0 Å². The van der Waals surface area contributed by atoms with E-state index in [0.29, 0.717) is 12.1 Å². The summed E-state index contributed by atoms with van der Waals surface area (Å²) in [6.07, 6.45) is 2.76. The van der Waals surface area contributed by atoms with Gasteiger partial charge < -0.3 is 10.2 Å². The van der Waals surface area contributed by atoms with Crippen molar-refractivity contribution in [2.75, 3.05) is 20.1 Å². The lowest BCUT2D eigenvalue weighted by Crippen LogP contribution is -2.42. The van der Waals surface area contributed by atoms with E-state index in [1.807, 2.05) is 13.1 Å². The molecule has 0 saturated carbocycles. The zero-order chi connectivity index (χ0) is 13.8. The molecular weight excluding hydrogens is 243 g/mol. The molecule has 1 aliphatic heterocycles. The van der Waals surface area contributed by atoms with Crippen molar-refractivity contribution in [3.05, 3.63) is 35.1 Å². The van der Waals surface area contributed by atoms with E-state index in [2.05, 4.69) is 5.32 Å². The molecule has 2 rings (SSSR count). The average molecular weight is 264 g/mol. The van der Waals surface area contributed by atoms with E-state index >= 15 is 0 Å². The third-order valence-corrected chi connectivity index (χ3v) is 3.69. The molecule has 1 saturated heterocycles. The molecule has 0 bridgehead atoms. The van der Waals surface area contributed by atoms with Gasteiger partial charge in [0.25, 0.3) is 0 Å². The fourth-order valence-corrected chi connectivity index (χ4v) is 2.43. The number of likely N-dealkylation sites (N-methyl/N-ethyl adjacent to an activating group) is 1. The van der Waals surface area contributed by atoms with Crippen molar-refractivity contribution in [2.45, 2.75) is 32.2 Å². The van der Waals surface area contributed by atoms with E-state index in [0.717, 1.165) is 31.4 Å². The number of aryl methyl sites for hydroxylation is 1. The zero-order valence-electron chi connectivity index (χ0n) is 11.6. The van der Waals surface area contributed by atoms with Gasteiger partial charge in [-0.1, -0.05) is 12.1 Å². The fourth-order valence-electron chi connectivity index (χ4n) is 2.43. The summed E-state index contributed by atoms with van der Waals surface area (Å²) >= 11 is 0. The maximum Gasteiger partial charge on any atom is 0.239 e. The van der Waals surface area contributed by atoms with Crippen LogP contribution in [-0.2, 0) is 11.2 Å².